The predicted octanol–water partition coefficient (Wildman–Crippen LogP) is 5.45. The van der Waals surface area contributed by atoms with Crippen LogP contribution < -0.4 is 11.2 Å². The van der Waals surface area contributed by atoms with Gasteiger partial charge in [0, 0.05) is 25.5 Å². The molecule has 1 rings (SSSR count). The van der Waals surface area contributed by atoms with E-state index in [0.717, 1.165) is 29.4 Å². The third kappa shape index (κ3) is 23.1. The summed E-state index contributed by atoms with van der Waals surface area (Å²) < 4.78 is 28.7. The molecule has 0 aliphatic carbocycles. The number of aromatic nitrogens is 2. The van der Waals surface area contributed by atoms with Crippen LogP contribution in [0.15, 0.2) is 21.9 Å². The van der Waals surface area contributed by atoms with Crippen LogP contribution in [0.2, 0.25) is 0 Å². The number of H-pyrrole nitrogens is 1. The quantitative estimate of drug-likeness (QED) is 0.115. The zero-order valence-corrected chi connectivity index (χ0v) is 25.7. The second-order valence-corrected chi connectivity index (χ2v) is 12.1. The van der Waals surface area contributed by atoms with Crippen LogP contribution in [-0.2, 0) is 25.1 Å². The Balaban J connectivity index is 0.00000110. The van der Waals surface area contributed by atoms with Gasteiger partial charge in [0.2, 0.25) is 0 Å². The molecule has 0 aromatic carbocycles. The lowest BCUT2D eigenvalue weighted by Crippen LogP contribution is -2.34. The van der Waals surface area contributed by atoms with E-state index < -0.39 is 37.9 Å². The van der Waals surface area contributed by atoms with Gasteiger partial charge in [-0.3, -0.25) is 18.9 Å². The largest absolute Gasteiger partial charge is 0.394 e. The van der Waals surface area contributed by atoms with Crippen molar-refractivity contribution in [1.82, 2.24) is 9.55 Å². The van der Waals surface area contributed by atoms with E-state index in [2.05, 4.69) is 32.7 Å². The molecule has 2 atom stereocenters. The number of unbranched alkanes of at least 4 members (excludes halogenated alkanes) is 8. The number of ether oxygens (including phenoxy) is 2. The zero-order chi connectivity index (χ0) is 29.4. The third-order valence-corrected chi connectivity index (χ3v) is 7.04. The van der Waals surface area contributed by atoms with Gasteiger partial charge in [0.25, 0.3) is 5.56 Å². The number of aliphatic hydroxyl groups excluding tert-OH is 1. The first-order valence-corrected chi connectivity index (χ1v) is 16.5. The molecule has 0 saturated carbocycles. The van der Waals surface area contributed by atoms with Crippen molar-refractivity contribution in [3.8, 4) is 0 Å². The molecular formula is C28H55N2O8P. The average molecular weight is 579 g/mol. The van der Waals surface area contributed by atoms with Crippen molar-refractivity contribution in [1.29, 1.82) is 0 Å². The minimum Gasteiger partial charge on any atom is -0.394 e. The minimum atomic E-state index is -3.99. The Morgan fingerprint density at radius 2 is 1.54 bits per heavy atom. The Morgan fingerprint density at radius 3 is 2.15 bits per heavy atom. The van der Waals surface area contributed by atoms with Crippen molar-refractivity contribution >= 4 is 7.60 Å². The molecule has 3 N–H and O–H groups in total. The van der Waals surface area contributed by atoms with E-state index in [4.69, 9.17) is 14.0 Å². The van der Waals surface area contributed by atoms with Gasteiger partial charge in [-0.1, -0.05) is 91.9 Å². The Bertz CT molecular complexity index is 858. The van der Waals surface area contributed by atoms with Gasteiger partial charge in [-0.25, -0.2) is 4.79 Å². The molecule has 0 radical (unpaired) electrons. The number of aliphatic hydroxyl groups is 1. The summed E-state index contributed by atoms with van der Waals surface area (Å²) in [5.41, 5.74) is -1.20. The number of nitrogens with zero attached hydrogens (tertiary/aromatic N) is 1. The number of aromatic amines is 1. The maximum Gasteiger partial charge on any atom is 0.353 e. The predicted molar refractivity (Wildman–Crippen MR) is 156 cm³/mol. The fourth-order valence-electron chi connectivity index (χ4n) is 3.64. The highest BCUT2D eigenvalue weighted by Gasteiger charge is 2.22. The van der Waals surface area contributed by atoms with Crippen molar-refractivity contribution in [3.05, 3.63) is 33.1 Å². The van der Waals surface area contributed by atoms with E-state index >= 15 is 0 Å². The molecular weight excluding hydrogens is 523 g/mol. The number of rotatable bonds is 23. The van der Waals surface area contributed by atoms with E-state index in [1.54, 1.807) is 0 Å². The molecule has 0 aliphatic heterocycles. The summed E-state index contributed by atoms with van der Waals surface area (Å²) in [6, 6.07) is 1.15. The van der Waals surface area contributed by atoms with E-state index in [-0.39, 0.29) is 13.2 Å². The summed E-state index contributed by atoms with van der Waals surface area (Å²) in [5, 5.41) is 9.34. The van der Waals surface area contributed by atoms with Crippen LogP contribution in [0.1, 0.15) is 105 Å². The first-order chi connectivity index (χ1) is 18.6. The lowest BCUT2D eigenvalue weighted by Gasteiger charge is -2.19. The minimum absolute atomic E-state index is 0.0509. The Labute approximate surface area is 235 Å². The molecule has 0 fully saturated rings. The summed E-state index contributed by atoms with van der Waals surface area (Å²) in [5.74, 6) is 0.904. The summed E-state index contributed by atoms with van der Waals surface area (Å²) in [6.45, 7) is 9.64. The second-order valence-electron chi connectivity index (χ2n) is 10.3. The number of hydrogen-bond donors (Lipinski definition) is 3. The summed E-state index contributed by atoms with van der Waals surface area (Å²) in [7, 11) is -3.99. The van der Waals surface area contributed by atoms with Crippen LogP contribution in [0.25, 0.3) is 0 Å². The van der Waals surface area contributed by atoms with Gasteiger partial charge in [0.05, 0.1) is 25.9 Å². The maximum absolute atomic E-state index is 12.0. The normalized spacial score (nSPS) is 13.6. The molecule has 2 unspecified atom stereocenters. The van der Waals surface area contributed by atoms with Crippen molar-refractivity contribution in [2.45, 2.75) is 117 Å². The third-order valence-electron chi connectivity index (χ3n) is 5.98. The Hall–Kier alpha value is -1.29. The van der Waals surface area contributed by atoms with Gasteiger partial charge >= 0.3 is 13.3 Å². The van der Waals surface area contributed by atoms with Crippen LogP contribution in [0.5, 0.6) is 0 Å². The van der Waals surface area contributed by atoms with Crippen molar-refractivity contribution in [3.63, 3.8) is 0 Å². The highest BCUT2D eigenvalue weighted by atomic mass is 31.2. The zero-order valence-electron chi connectivity index (χ0n) is 24.8. The number of nitrogens with one attached hydrogen (secondary N) is 1. The van der Waals surface area contributed by atoms with Gasteiger partial charge < -0.3 is 24.0 Å². The molecule has 0 saturated heterocycles. The van der Waals surface area contributed by atoms with Gasteiger partial charge in [-0.05, 0) is 18.8 Å². The monoisotopic (exact) mass is 578 g/mol. The second kappa shape index (κ2) is 24.5. The van der Waals surface area contributed by atoms with Gasteiger partial charge in [-0.15, -0.1) is 0 Å². The van der Waals surface area contributed by atoms with E-state index in [1.807, 2.05) is 0 Å². The fraction of sp³-hybridized carbons (Fsp3) is 0.857. The number of hydrogen-bond acceptors (Lipinski definition) is 7. The fourth-order valence-corrected chi connectivity index (χ4v) is 4.53. The topological polar surface area (TPSA) is 140 Å². The summed E-state index contributed by atoms with van der Waals surface area (Å²) in [6.07, 6.45) is 14.7. The standard InChI is InChI=1S/C17H31N2O8P.C11H24/c1-2-3-4-5-9-25-10-6-11-27-28(23,24)14-26-15(13-20)12-19-8-7-16(21)18-17(19)22;1-4-5-6-7-8-9-10-11(2)3/h7-8,15,20H,2-6,9-14H2,1H3,(H,23,24)(H,18,21,22);11H,4-10H2,1-3H3. The molecule has 0 amide bonds. The summed E-state index contributed by atoms with van der Waals surface area (Å²) >= 11 is 0. The Kier molecular flexibility index (Phi) is 23.7. The van der Waals surface area contributed by atoms with Gasteiger partial charge in [-0.2, -0.15) is 0 Å². The average Bonchev–Trinajstić information content (AvgIpc) is 2.89. The van der Waals surface area contributed by atoms with Crippen molar-refractivity contribution < 1.29 is 28.6 Å². The van der Waals surface area contributed by atoms with E-state index in [1.165, 1.54) is 64.0 Å². The first-order valence-electron chi connectivity index (χ1n) is 14.7. The molecule has 1 aromatic heterocycles. The lowest BCUT2D eigenvalue weighted by molar-refractivity contribution is 0.0162. The van der Waals surface area contributed by atoms with Gasteiger partial charge in [0.1, 0.15) is 6.35 Å². The van der Waals surface area contributed by atoms with Crippen molar-refractivity contribution in [2.24, 2.45) is 5.92 Å². The molecule has 0 aliphatic rings. The molecule has 1 aromatic rings. The highest BCUT2D eigenvalue weighted by Crippen LogP contribution is 2.42. The van der Waals surface area contributed by atoms with E-state index in [9.17, 15) is 24.2 Å². The highest BCUT2D eigenvalue weighted by molar-refractivity contribution is 7.52. The van der Waals surface area contributed by atoms with Crippen LogP contribution >= 0.6 is 7.60 Å². The lowest BCUT2D eigenvalue weighted by atomic mass is 10.0. The summed E-state index contributed by atoms with van der Waals surface area (Å²) in [4.78, 5) is 34.5. The molecule has 39 heavy (non-hydrogen) atoms. The smallest absolute Gasteiger partial charge is 0.353 e. The molecule has 230 valence electrons. The van der Waals surface area contributed by atoms with Gasteiger partial charge in [0.15, 0.2) is 0 Å². The molecule has 11 heteroatoms. The Morgan fingerprint density at radius 1 is 0.923 bits per heavy atom. The first kappa shape index (κ1) is 37.7. The van der Waals surface area contributed by atoms with E-state index in [0.29, 0.717) is 19.6 Å². The SMILES string of the molecule is CCCCCCCCC(C)C.CCCCCCOCCCOP(=O)(O)COC(CO)Cn1ccc(=O)[nH]c1=O. The van der Waals surface area contributed by atoms with Crippen molar-refractivity contribution in [2.75, 3.05) is 32.8 Å². The van der Waals surface area contributed by atoms with Crippen LogP contribution in [0.4, 0.5) is 0 Å². The molecule has 0 spiro atoms. The van der Waals surface area contributed by atoms with Crippen LogP contribution in [0, 0.1) is 5.92 Å². The molecule has 10 nitrogen and oxygen atoms in total. The van der Waals surface area contributed by atoms with Crippen LogP contribution in [-0.4, -0.2) is 58.4 Å². The molecule has 0 bridgehead atoms. The van der Waals surface area contributed by atoms with Crippen LogP contribution in [0.3, 0.4) is 0 Å². The molecule has 1 heterocycles. The maximum atomic E-state index is 12.0.